The van der Waals surface area contributed by atoms with E-state index in [1.807, 2.05) is 0 Å². The molecule has 9 heteroatoms. The second-order valence-corrected chi connectivity index (χ2v) is 5.09. The summed E-state index contributed by atoms with van der Waals surface area (Å²) in [7, 11) is 1.02. The Morgan fingerprint density at radius 1 is 1.35 bits per heavy atom. The number of rotatable bonds is 4. The third-order valence-corrected chi connectivity index (χ3v) is 3.54. The summed E-state index contributed by atoms with van der Waals surface area (Å²) in [4.78, 5) is 25.6. The summed E-state index contributed by atoms with van der Waals surface area (Å²) in [5.41, 5.74) is 1.08. The Labute approximate surface area is 133 Å². The maximum absolute atomic E-state index is 12.4. The van der Waals surface area contributed by atoms with E-state index in [1.54, 1.807) is 29.6 Å². The van der Waals surface area contributed by atoms with Crippen molar-refractivity contribution in [3.8, 4) is 0 Å². The first-order chi connectivity index (χ1) is 10.7. The topological polar surface area (TPSA) is 71.2 Å². The summed E-state index contributed by atoms with van der Waals surface area (Å²) in [6, 6.07) is 5.39. The number of aromatic amines is 1. The summed E-state index contributed by atoms with van der Waals surface area (Å²) in [6.45, 7) is 0. The lowest BCUT2D eigenvalue weighted by atomic mass is 10.0. The first-order valence-corrected chi connectivity index (χ1v) is 6.82. The number of nitrogens with one attached hydrogen (secondary N) is 2. The monoisotopic (exact) mass is 348 g/mol. The Kier molecular flexibility index (Phi) is 4.84. The Hall–Kier alpha value is -2.22. The van der Waals surface area contributed by atoms with Gasteiger partial charge in [-0.1, -0.05) is 29.8 Å². The number of para-hydroxylation sites is 1. The van der Waals surface area contributed by atoms with Gasteiger partial charge < -0.3 is 15.0 Å². The van der Waals surface area contributed by atoms with Crippen LogP contribution in [0.1, 0.15) is 5.56 Å². The average molecular weight is 349 g/mol. The standard InChI is InChI=1S/C14H12ClF3N2O3/c1-23-12(21)10(20-13(22)14(16,17)18)6-8-7-4-2-3-5-9(7)19-11(8)15/h2-5,10,19H,6H2,1H3,(H,20,22)/t10-/m0/s1. The Morgan fingerprint density at radius 3 is 2.61 bits per heavy atom. The zero-order chi connectivity index (χ0) is 17.2. The van der Waals surface area contributed by atoms with Crippen LogP contribution in [0.15, 0.2) is 24.3 Å². The van der Waals surface area contributed by atoms with Crippen LogP contribution in [-0.4, -0.2) is 36.2 Å². The number of hydrogen-bond donors (Lipinski definition) is 2. The molecule has 0 fully saturated rings. The van der Waals surface area contributed by atoms with E-state index in [9.17, 15) is 22.8 Å². The third kappa shape index (κ3) is 3.76. The molecule has 0 aliphatic heterocycles. The van der Waals surface area contributed by atoms with Crippen molar-refractivity contribution in [3.05, 3.63) is 35.0 Å². The molecule has 0 bridgehead atoms. The van der Waals surface area contributed by atoms with E-state index >= 15 is 0 Å². The molecule has 0 saturated heterocycles. The number of ether oxygens (including phenoxy) is 1. The smallest absolute Gasteiger partial charge is 0.467 e. The number of carbonyl (C=O) groups excluding carboxylic acids is 2. The van der Waals surface area contributed by atoms with Gasteiger partial charge in [-0.2, -0.15) is 13.2 Å². The molecule has 0 unspecified atom stereocenters. The van der Waals surface area contributed by atoms with Gasteiger partial charge in [0.25, 0.3) is 0 Å². The van der Waals surface area contributed by atoms with Crippen LogP contribution in [0.5, 0.6) is 0 Å². The van der Waals surface area contributed by atoms with Gasteiger partial charge in [0.05, 0.1) is 7.11 Å². The molecular formula is C14H12ClF3N2O3. The Balaban J connectivity index is 2.32. The summed E-state index contributed by atoms with van der Waals surface area (Å²) in [5, 5.41) is 2.45. The quantitative estimate of drug-likeness (QED) is 0.834. The van der Waals surface area contributed by atoms with Crippen molar-refractivity contribution >= 4 is 34.4 Å². The molecule has 1 aromatic carbocycles. The van der Waals surface area contributed by atoms with E-state index in [-0.39, 0.29) is 11.6 Å². The van der Waals surface area contributed by atoms with Crippen molar-refractivity contribution in [1.82, 2.24) is 10.3 Å². The van der Waals surface area contributed by atoms with E-state index in [0.717, 1.165) is 7.11 Å². The highest BCUT2D eigenvalue weighted by molar-refractivity contribution is 6.31. The van der Waals surface area contributed by atoms with Crippen molar-refractivity contribution in [2.45, 2.75) is 18.6 Å². The Morgan fingerprint density at radius 2 is 2.00 bits per heavy atom. The number of benzene rings is 1. The second kappa shape index (κ2) is 6.49. The lowest BCUT2D eigenvalue weighted by molar-refractivity contribution is -0.175. The minimum Gasteiger partial charge on any atom is -0.467 e. The highest BCUT2D eigenvalue weighted by Gasteiger charge is 2.41. The van der Waals surface area contributed by atoms with Crippen LogP contribution < -0.4 is 5.32 Å². The molecule has 2 rings (SSSR count). The lowest BCUT2D eigenvalue weighted by Crippen LogP contribution is -2.48. The van der Waals surface area contributed by atoms with Crippen molar-refractivity contribution in [2.75, 3.05) is 7.11 Å². The molecule has 0 radical (unpaired) electrons. The molecule has 1 aromatic heterocycles. The predicted octanol–water partition coefficient (Wildman–Crippen LogP) is 2.58. The van der Waals surface area contributed by atoms with Crippen LogP contribution in [0.2, 0.25) is 5.15 Å². The molecule has 2 N–H and O–H groups in total. The average Bonchev–Trinajstić information content (AvgIpc) is 2.80. The van der Waals surface area contributed by atoms with Gasteiger partial charge in [0.15, 0.2) is 0 Å². The zero-order valence-corrected chi connectivity index (χ0v) is 12.6. The number of H-pyrrole nitrogens is 1. The maximum atomic E-state index is 12.4. The van der Waals surface area contributed by atoms with Crippen molar-refractivity contribution in [3.63, 3.8) is 0 Å². The molecule has 0 aliphatic carbocycles. The van der Waals surface area contributed by atoms with Gasteiger partial charge in [-0.15, -0.1) is 0 Å². The number of fused-ring (bicyclic) bond motifs is 1. The molecule has 5 nitrogen and oxygen atoms in total. The zero-order valence-electron chi connectivity index (χ0n) is 11.8. The van der Waals surface area contributed by atoms with Crippen LogP contribution in [0.4, 0.5) is 13.2 Å². The van der Waals surface area contributed by atoms with Crippen LogP contribution >= 0.6 is 11.6 Å². The molecule has 1 amide bonds. The van der Waals surface area contributed by atoms with Crippen molar-refractivity contribution in [1.29, 1.82) is 0 Å². The van der Waals surface area contributed by atoms with Gasteiger partial charge >= 0.3 is 18.1 Å². The SMILES string of the molecule is COC(=O)[C@H](Cc1c(Cl)[nH]c2ccccc12)NC(=O)C(F)(F)F. The van der Waals surface area contributed by atoms with Gasteiger partial charge in [0, 0.05) is 17.3 Å². The predicted molar refractivity (Wildman–Crippen MR) is 77.0 cm³/mol. The fourth-order valence-corrected chi connectivity index (χ4v) is 2.43. The highest BCUT2D eigenvalue weighted by Crippen LogP contribution is 2.27. The summed E-state index contributed by atoms with van der Waals surface area (Å²) < 4.78 is 41.6. The number of methoxy groups -OCH3 is 1. The van der Waals surface area contributed by atoms with Crippen LogP contribution in [-0.2, 0) is 20.7 Å². The van der Waals surface area contributed by atoms with Gasteiger partial charge in [0.2, 0.25) is 0 Å². The van der Waals surface area contributed by atoms with Crippen molar-refractivity contribution in [2.24, 2.45) is 0 Å². The lowest BCUT2D eigenvalue weighted by Gasteiger charge is -2.17. The van der Waals surface area contributed by atoms with E-state index in [2.05, 4.69) is 9.72 Å². The van der Waals surface area contributed by atoms with Gasteiger partial charge in [-0.05, 0) is 11.6 Å². The summed E-state index contributed by atoms with van der Waals surface area (Å²) in [5.74, 6) is -3.21. The molecule has 1 heterocycles. The second-order valence-electron chi connectivity index (χ2n) is 4.71. The fraction of sp³-hybridized carbons (Fsp3) is 0.286. The minimum atomic E-state index is -5.10. The molecule has 23 heavy (non-hydrogen) atoms. The number of esters is 1. The summed E-state index contributed by atoms with van der Waals surface area (Å²) in [6.07, 6.45) is -5.34. The molecule has 2 aromatic rings. The number of alkyl halides is 3. The van der Waals surface area contributed by atoms with Gasteiger partial charge in [-0.3, -0.25) is 4.79 Å². The largest absolute Gasteiger partial charge is 0.471 e. The number of amides is 1. The Bertz CT molecular complexity index is 742. The minimum absolute atomic E-state index is 0.182. The molecule has 0 aliphatic rings. The van der Waals surface area contributed by atoms with Crippen LogP contribution in [0, 0.1) is 0 Å². The molecule has 0 saturated carbocycles. The van der Waals surface area contributed by atoms with E-state index in [1.165, 1.54) is 0 Å². The van der Waals surface area contributed by atoms with Crippen LogP contribution in [0.25, 0.3) is 10.9 Å². The van der Waals surface area contributed by atoms with Crippen molar-refractivity contribution < 1.29 is 27.5 Å². The van der Waals surface area contributed by atoms with Gasteiger partial charge in [-0.25, -0.2) is 4.79 Å². The van der Waals surface area contributed by atoms with Crippen LogP contribution in [0.3, 0.4) is 0 Å². The maximum Gasteiger partial charge on any atom is 0.471 e. The third-order valence-electron chi connectivity index (χ3n) is 3.22. The summed E-state index contributed by atoms with van der Waals surface area (Å²) >= 11 is 6.04. The molecule has 124 valence electrons. The van der Waals surface area contributed by atoms with E-state index in [4.69, 9.17) is 11.6 Å². The molecular weight excluding hydrogens is 337 g/mol. The van der Waals surface area contributed by atoms with Gasteiger partial charge in [0.1, 0.15) is 11.2 Å². The number of carbonyl (C=O) groups is 2. The normalized spacial score (nSPS) is 12.9. The first kappa shape index (κ1) is 17.1. The van der Waals surface area contributed by atoms with E-state index in [0.29, 0.717) is 16.5 Å². The van der Waals surface area contributed by atoms with E-state index < -0.39 is 24.1 Å². The number of aromatic nitrogens is 1. The first-order valence-electron chi connectivity index (χ1n) is 6.44. The highest BCUT2D eigenvalue weighted by atomic mass is 35.5. The molecule has 0 spiro atoms. The number of halogens is 4. The number of hydrogen-bond acceptors (Lipinski definition) is 3. The molecule has 1 atom stereocenters. The fourth-order valence-electron chi connectivity index (χ4n) is 2.15.